The number of hydrogen-bond acceptors (Lipinski definition) is 7. The van der Waals surface area contributed by atoms with Crippen LogP contribution in [-0.4, -0.2) is 49.4 Å². The number of nitrogen functional groups attached to an aromatic ring is 1. The summed E-state index contributed by atoms with van der Waals surface area (Å²) in [5, 5.41) is 22.2. The monoisotopic (exact) mass is 327 g/mol. The van der Waals surface area contributed by atoms with E-state index < -0.39 is 36.7 Å². The molecule has 12 heteroatoms. The summed E-state index contributed by atoms with van der Waals surface area (Å²) < 4.78 is 34.6. The highest BCUT2D eigenvalue weighted by atomic mass is 19.1. The lowest BCUT2D eigenvalue weighted by Gasteiger charge is -2.23. The van der Waals surface area contributed by atoms with E-state index in [9.17, 15) is 19.0 Å². The van der Waals surface area contributed by atoms with Gasteiger partial charge in [0, 0.05) is 11.1 Å². The highest BCUT2D eigenvalue weighted by molar-refractivity contribution is 5.86. The van der Waals surface area contributed by atoms with Crippen molar-refractivity contribution >= 4 is 16.9 Å². The number of nitrogens with zero attached hydrogens (tertiary/aromatic N) is 6. The van der Waals surface area contributed by atoms with Crippen molar-refractivity contribution in [2.24, 2.45) is 5.11 Å². The Bertz CT molecular complexity index is 808. The molecule has 0 spiro atoms. The van der Waals surface area contributed by atoms with Crippen molar-refractivity contribution < 1.29 is 23.7 Å². The molecular weight excluding hydrogens is 316 g/mol. The molecule has 2 aromatic rings. The summed E-state index contributed by atoms with van der Waals surface area (Å²) in [7, 11) is 0. The van der Waals surface area contributed by atoms with Crippen molar-refractivity contribution in [3.63, 3.8) is 0 Å². The molecule has 0 aromatic carbocycles. The zero-order valence-electron chi connectivity index (χ0n) is 11.4. The Hall–Kier alpha value is -2.53. The van der Waals surface area contributed by atoms with Crippen molar-refractivity contribution in [1.82, 2.24) is 14.5 Å². The van der Waals surface area contributed by atoms with E-state index in [-0.39, 0.29) is 16.9 Å². The third-order valence-electron chi connectivity index (χ3n) is 3.67. The number of ether oxygens (including phenoxy) is 1. The number of hydrogen-bond donors (Lipinski definition) is 3. The van der Waals surface area contributed by atoms with Crippen LogP contribution in [0.15, 0.2) is 17.6 Å². The number of azide groups is 1. The average molecular weight is 327 g/mol. The summed E-state index contributed by atoms with van der Waals surface area (Å²) in [4.78, 5) is 9.90. The molecule has 1 saturated heterocycles. The van der Waals surface area contributed by atoms with Gasteiger partial charge in [-0.25, -0.2) is 18.7 Å². The summed E-state index contributed by atoms with van der Waals surface area (Å²) in [5.41, 5.74) is 11.8. The van der Waals surface area contributed by atoms with Gasteiger partial charge >= 0.3 is 0 Å². The standard InChI is InChI=1S/C11H11F2N7O3/c12-4-1-20(9-5(4)8(14)16-3-17-9)10-6(13)7(22)11(2-21,23-10)18-19-15/h1,3,6-7,10,21-22H,2H2,(H2,14,16,17)/t6-,7-,10?,11+/m0/s1. The van der Waals surface area contributed by atoms with E-state index in [1.54, 1.807) is 0 Å². The zero-order valence-corrected chi connectivity index (χ0v) is 11.4. The Morgan fingerprint density at radius 1 is 1.57 bits per heavy atom. The van der Waals surface area contributed by atoms with E-state index >= 15 is 0 Å². The van der Waals surface area contributed by atoms with Crippen molar-refractivity contribution in [3.05, 3.63) is 28.8 Å². The quantitative estimate of drug-likeness (QED) is 0.420. The van der Waals surface area contributed by atoms with Crippen LogP contribution >= 0.6 is 0 Å². The Balaban J connectivity index is 2.13. The first-order valence-corrected chi connectivity index (χ1v) is 6.38. The zero-order chi connectivity index (χ0) is 16.8. The second kappa shape index (κ2) is 5.28. The van der Waals surface area contributed by atoms with Crippen LogP contribution in [0, 0.1) is 5.82 Å². The van der Waals surface area contributed by atoms with Gasteiger partial charge in [-0.05, 0) is 5.53 Å². The van der Waals surface area contributed by atoms with Crippen molar-refractivity contribution in [1.29, 1.82) is 0 Å². The number of aromatic nitrogens is 3. The lowest BCUT2D eigenvalue weighted by molar-refractivity contribution is -0.122. The predicted octanol–water partition coefficient (Wildman–Crippen LogP) is 0.379. The highest BCUT2D eigenvalue weighted by Crippen LogP contribution is 2.41. The number of alkyl halides is 1. The number of aliphatic hydroxyl groups excluding tert-OH is 2. The van der Waals surface area contributed by atoms with Gasteiger partial charge in [-0.15, -0.1) is 0 Å². The van der Waals surface area contributed by atoms with E-state index in [2.05, 4.69) is 20.0 Å². The van der Waals surface area contributed by atoms with E-state index in [1.165, 1.54) is 0 Å². The van der Waals surface area contributed by atoms with Gasteiger partial charge in [0.25, 0.3) is 0 Å². The lowest BCUT2D eigenvalue weighted by Crippen LogP contribution is -2.43. The van der Waals surface area contributed by atoms with Crippen molar-refractivity contribution in [3.8, 4) is 0 Å². The number of anilines is 1. The molecule has 4 atom stereocenters. The Labute approximate surface area is 126 Å². The number of aliphatic hydroxyl groups is 2. The van der Waals surface area contributed by atoms with Crippen LogP contribution in [0.1, 0.15) is 6.23 Å². The molecule has 23 heavy (non-hydrogen) atoms. The third kappa shape index (κ3) is 2.08. The first-order valence-electron chi connectivity index (χ1n) is 6.38. The number of rotatable bonds is 3. The van der Waals surface area contributed by atoms with E-state index in [1.807, 2.05) is 0 Å². The molecule has 1 fully saturated rings. The van der Waals surface area contributed by atoms with Crippen LogP contribution in [0.5, 0.6) is 0 Å². The molecule has 1 aliphatic rings. The summed E-state index contributed by atoms with van der Waals surface area (Å²) in [6.45, 7) is -0.964. The fraction of sp³-hybridized carbons (Fsp3) is 0.455. The fourth-order valence-corrected chi connectivity index (χ4v) is 2.54. The second-order valence-corrected chi connectivity index (χ2v) is 4.93. The summed E-state index contributed by atoms with van der Waals surface area (Å²) in [6, 6.07) is 0. The lowest BCUT2D eigenvalue weighted by atomic mass is 10.1. The van der Waals surface area contributed by atoms with Gasteiger partial charge in [0.05, 0.1) is 12.0 Å². The van der Waals surface area contributed by atoms with Crippen LogP contribution in [0.3, 0.4) is 0 Å². The Morgan fingerprint density at radius 3 is 2.96 bits per heavy atom. The number of nitrogens with two attached hydrogens (primary N) is 1. The molecule has 0 saturated carbocycles. The van der Waals surface area contributed by atoms with Crippen LogP contribution in [0.4, 0.5) is 14.6 Å². The van der Waals surface area contributed by atoms with E-state index in [0.29, 0.717) is 0 Å². The summed E-state index contributed by atoms with van der Waals surface area (Å²) in [5.74, 6) is -0.961. The maximum atomic E-state index is 14.4. The molecule has 1 aliphatic heterocycles. The predicted molar refractivity (Wildman–Crippen MR) is 71.9 cm³/mol. The third-order valence-corrected chi connectivity index (χ3v) is 3.67. The van der Waals surface area contributed by atoms with Gasteiger partial charge in [0.2, 0.25) is 5.72 Å². The van der Waals surface area contributed by atoms with Gasteiger partial charge in [-0.1, -0.05) is 5.11 Å². The molecule has 0 aliphatic carbocycles. The van der Waals surface area contributed by atoms with E-state index in [0.717, 1.165) is 17.1 Å². The Morgan fingerprint density at radius 2 is 2.30 bits per heavy atom. The first kappa shape index (κ1) is 15.4. The molecule has 122 valence electrons. The van der Waals surface area contributed by atoms with E-state index in [4.69, 9.17) is 16.0 Å². The minimum Gasteiger partial charge on any atom is -0.393 e. The topological polar surface area (TPSA) is 155 Å². The minimum absolute atomic E-state index is 0.0653. The molecule has 0 amide bonds. The highest BCUT2D eigenvalue weighted by Gasteiger charge is 2.56. The largest absolute Gasteiger partial charge is 0.393 e. The van der Waals surface area contributed by atoms with Crippen LogP contribution < -0.4 is 5.73 Å². The molecule has 4 N–H and O–H groups in total. The molecule has 10 nitrogen and oxygen atoms in total. The molecule has 2 aromatic heterocycles. The molecule has 3 heterocycles. The van der Waals surface area contributed by atoms with Gasteiger partial charge < -0.3 is 20.7 Å². The number of halogens is 2. The minimum atomic E-state index is -2.22. The normalized spacial score (nSPS) is 30.5. The molecule has 0 radical (unpaired) electrons. The maximum Gasteiger partial charge on any atom is 0.201 e. The Kier molecular flexibility index (Phi) is 3.53. The summed E-state index contributed by atoms with van der Waals surface area (Å²) >= 11 is 0. The van der Waals surface area contributed by atoms with Gasteiger partial charge in [-0.3, -0.25) is 4.57 Å². The molecule has 1 unspecified atom stereocenters. The van der Waals surface area contributed by atoms with Crippen LogP contribution in [-0.2, 0) is 4.74 Å². The first-order chi connectivity index (χ1) is 10.9. The molecular formula is C11H11F2N7O3. The fourth-order valence-electron chi connectivity index (χ4n) is 2.54. The molecule has 3 rings (SSSR count). The van der Waals surface area contributed by atoms with Crippen molar-refractivity contribution in [2.45, 2.75) is 24.2 Å². The average Bonchev–Trinajstić information content (AvgIpc) is 2.99. The second-order valence-electron chi connectivity index (χ2n) is 4.93. The van der Waals surface area contributed by atoms with Gasteiger partial charge in [-0.2, -0.15) is 0 Å². The SMILES string of the molecule is [N-]=[N+]=N[C@]1(CO)OC(n2cc(F)c3c(N)ncnc32)[C@@H](F)[C@@H]1O. The smallest absolute Gasteiger partial charge is 0.201 e. The van der Waals surface area contributed by atoms with Gasteiger partial charge in [0.15, 0.2) is 23.9 Å². The van der Waals surface area contributed by atoms with Crippen LogP contribution in [0.2, 0.25) is 0 Å². The molecule has 0 bridgehead atoms. The van der Waals surface area contributed by atoms with Crippen LogP contribution in [0.25, 0.3) is 21.5 Å². The van der Waals surface area contributed by atoms with Gasteiger partial charge in [0.1, 0.15) is 18.2 Å². The van der Waals surface area contributed by atoms with Crippen molar-refractivity contribution in [2.75, 3.05) is 12.3 Å². The summed E-state index contributed by atoms with van der Waals surface area (Å²) in [6.07, 6.45) is -3.71. The number of fused-ring (bicyclic) bond motifs is 1. The maximum absolute atomic E-state index is 14.4.